The molecule has 0 bridgehead atoms. The highest BCUT2D eigenvalue weighted by molar-refractivity contribution is 7.17. The minimum absolute atomic E-state index is 0.297. The first kappa shape index (κ1) is 11.5. The average molecular weight is 240 g/mol. The van der Waals surface area contributed by atoms with E-state index in [4.69, 9.17) is 4.74 Å². The van der Waals surface area contributed by atoms with Crippen molar-refractivity contribution in [2.75, 3.05) is 31.2 Å². The van der Waals surface area contributed by atoms with Gasteiger partial charge < -0.3 is 9.64 Å². The van der Waals surface area contributed by atoms with Crippen molar-refractivity contribution in [3.05, 3.63) is 10.6 Å². The van der Waals surface area contributed by atoms with Crippen LogP contribution in [0, 0.1) is 0 Å². The Balaban J connectivity index is 2.24. The van der Waals surface area contributed by atoms with Gasteiger partial charge in [-0.2, -0.15) is 0 Å². The fourth-order valence-corrected chi connectivity index (χ4v) is 2.81. The van der Waals surface area contributed by atoms with Crippen molar-refractivity contribution >= 4 is 22.8 Å². The Bertz CT molecular complexity index is 370. The number of nitrogens with zero attached hydrogens (tertiary/aromatic N) is 2. The maximum Gasteiger partial charge on any atom is 0.186 e. The second-order valence-corrected chi connectivity index (χ2v) is 5.13. The third kappa shape index (κ3) is 2.25. The van der Waals surface area contributed by atoms with E-state index in [2.05, 4.69) is 23.7 Å². The molecule has 1 saturated heterocycles. The minimum atomic E-state index is 0.297. The van der Waals surface area contributed by atoms with E-state index >= 15 is 0 Å². The summed E-state index contributed by atoms with van der Waals surface area (Å²) in [6.45, 7) is 7.34. The van der Waals surface area contributed by atoms with E-state index in [1.165, 1.54) is 11.3 Å². The van der Waals surface area contributed by atoms with Crippen molar-refractivity contribution in [1.29, 1.82) is 0 Å². The van der Waals surface area contributed by atoms with E-state index in [9.17, 15) is 4.79 Å². The number of carbonyl (C=O) groups is 1. The van der Waals surface area contributed by atoms with Gasteiger partial charge >= 0.3 is 0 Å². The summed E-state index contributed by atoms with van der Waals surface area (Å²) >= 11 is 1.49. The van der Waals surface area contributed by atoms with Crippen LogP contribution in [-0.4, -0.2) is 37.6 Å². The number of aldehydes is 1. The molecule has 0 N–H and O–H groups in total. The summed E-state index contributed by atoms with van der Waals surface area (Å²) in [6.07, 6.45) is 0.914. The van der Waals surface area contributed by atoms with Gasteiger partial charge in [0.2, 0.25) is 0 Å². The maximum atomic E-state index is 11.0. The lowest BCUT2D eigenvalue weighted by Crippen LogP contribution is -2.36. The van der Waals surface area contributed by atoms with Crippen molar-refractivity contribution in [2.45, 2.75) is 19.8 Å². The lowest BCUT2D eigenvalue weighted by Gasteiger charge is -2.26. The van der Waals surface area contributed by atoms with Gasteiger partial charge in [-0.05, 0) is 5.92 Å². The van der Waals surface area contributed by atoms with Crippen LogP contribution in [0.25, 0.3) is 0 Å². The first-order valence-electron chi connectivity index (χ1n) is 5.51. The molecule has 4 nitrogen and oxygen atoms in total. The lowest BCUT2D eigenvalue weighted by atomic mass is 10.1. The van der Waals surface area contributed by atoms with Crippen LogP contribution < -0.4 is 4.90 Å². The van der Waals surface area contributed by atoms with Crippen LogP contribution in [0.3, 0.4) is 0 Å². The predicted molar refractivity (Wildman–Crippen MR) is 64.6 cm³/mol. The molecule has 1 aromatic heterocycles. The Kier molecular flexibility index (Phi) is 3.56. The highest BCUT2D eigenvalue weighted by Gasteiger charge is 2.19. The number of carbonyl (C=O) groups excluding carboxylic acids is 1. The first-order valence-corrected chi connectivity index (χ1v) is 6.32. The molecule has 1 aliphatic rings. The van der Waals surface area contributed by atoms with Gasteiger partial charge in [0.25, 0.3) is 0 Å². The molecule has 0 aliphatic carbocycles. The van der Waals surface area contributed by atoms with E-state index in [1.54, 1.807) is 0 Å². The van der Waals surface area contributed by atoms with E-state index in [0.29, 0.717) is 5.92 Å². The molecule has 0 amide bonds. The molecule has 0 saturated carbocycles. The average Bonchev–Trinajstić information content (AvgIpc) is 2.74. The molecule has 16 heavy (non-hydrogen) atoms. The van der Waals surface area contributed by atoms with E-state index < -0.39 is 0 Å². The molecule has 1 fully saturated rings. The number of ether oxygens (including phenoxy) is 1. The molecule has 88 valence electrons. The molecule has 0 unspecified atom stereocenters. The summed E-state index contributed by atoms with van der Waals surface area (Å²) in [5.74, 6) is 0.297. The van der Waals surface area contributed by atoms with Gasteiger partial charge in [0, 0.05) is 13.1 Å². The van der Waals surface area contributed by atoms with E-state index in [-0.39, 0.29) is 0 Å². The predicted octanol–water partition coefficient (Wildman–Crippen LogP) is 1.92. The van der Waals surface area contributed by atoms with Gasteiger partial charge in [0.1, 0.15) is 0 Å². The van der Waals surface area contributed by atoms with Crippen molar-refractivity contribution in [1.82, 2.24) is 4.98 Å². The first-order chi connectivity index (χ1) is 7.72. The van der Waals surface area contributed by atoms with E-state index in [0.717, 1.165) is 48.3 Å². The second-order valence-electron chi connectivity index (χ2n) is 4.12. The molecule has 0 aromatic carbocycles. The summed E-state index contributed by atoms with van der Waals surface area (Å²) in [6, 6.07) is 0. The van der Waals surface area contributed by atoms with Gasteiger partial charge in [0.05, 0.1) is 23.8 Å². The molecule has 0 radical (unpaired) electrons. The summed E-state index contributed by atoms with van der Waals surface area (Å²) in [4.78, 5) is 18.5. The third-order valence-electron chi connectivity index (χ3n) is 2.61. The lowest BCUT2D eigenvalue weighted by molar-refractivity contribution is 0.112. The van der Waals surface area contributed by atoms with Crippen molar-refractivity contribution in [3.8, 4) is 0 Å². The number of hydrogen-bond acceptors (Lipinski definition) is 5. The Morgan fingerprint density at radius 2 is 2.12 bits per heavy atom. The topological polar surface area (TPSA) is 42.4 Å². The molecule has 5 heteroatoms. The van der Waals surface area contributed by atoms with Gasteiger partial charge in [-0.25, -0.2) is 4.98 Å². The molecular weight excluding hydrogens is 224 g/mol. The zero-order valence-electron chi connectivity index (χ0n) is 9.60. The van der Waals surface area contributed by atoms with Gasteiger partial charge in [-0.1, -0.05) is 25.2 Å². The molecule has 0 atom stereocenters. The summed E-state index contributed by atoms with van der Waals surface area (Å²) in [5.41, 5.74) is 0.918. The highest BCUT2D eigenvalue weighted by Crippen LogP contribution is 2.29. The number of aromatic nitrogens is 1. The third-order valence-corrected chi connectivity index (χ3v) is 3.66. The van der Waals surface area contributed by atoms with Crippen LogP contribution >= 0.6 is 11.3 Å². The maximum absolute atomic E-state index is 11.0. The zero-order valence-corrected chi connectivity index (χ0v) is 10.4. The van der Waals surface area contributed by atoms with Crippen molar-refractivity contribution in [3.63, 3.8) is 0 Å². The fourth-order valence-electron chi connectivity index (χ4n) is 1.72. The van der Waals surface area contributed by atoms with Crippen LogP contribution in [0.2, 0.25) is 0 Å². The summed E-state index contributed by atoms with van der Waals surface area (Å²) in [5, 5.41) is 0.953. The number of rotatable bonds is 3. The quantitative estimate of drug-likeness (QED) is 0.757. The standard InChI is InChI=1S/C11H16N2O2S/c1-8(2)10-9(7-14)16-11(12-10)13-3-5-15-6-4-13/h7-8H,3-6H2,1-2H3. The van der Waals surface area contributed by atoms with Crippen LogP contribution in [-0.2, 0) is 4.74 Å². The largest absolute Gasteiger partial charge is 0.378 e. The fraction of sp³-hybridized carbons (Fsp3) is 0.636. The summed E-state index contributed by atoms with van der Waals surface area (Å²) in [7, 11) is 0. The van der Waals surface area contributed by atoms with Crippen molar-refractivity contribution in [2.24, 2.45) is 0 Å². The van der Waals surface area contributed by atoms with Crippen molar-refractivity contribution < 1.29 is 9.53 Å². The molecule has 1 aliphatic heterocycles. The van der Waals surface area contributed by atoms with Gasteiger partial charge in [0.15, 0.2) is 11.4 Å². The van der Waals surface area contributed by atoms with Crippen LogP contribution in [0.15, 0.2) is 0 Å². The Morgan fingerprint density at radius 3 is 2.62 bits per heavy atom. The smallest absolute Gasteiger partial charge is 0.186 e. The Hall–Kier alpha value is -0.940. The molecule has 2 heterocycles. The highest BCUT2D eigenvalue weighted by atomic mass is 32.1. The molecule has 2 rings (SSSR count). The molecular formula is C11H16N2O2S. The van der Waals surface area contributed by atoms with Crippen LogP contribution in [0.4, 0.5) is 5.13 Å². The van der Waals surface area contributed by atoms with Crippen LogP contribution in [0.1, 0.15) is 35.1 Å². The Labute approximate surface area is 99.2 Å². The van der Waals surface area contributed by atoms with E-state index in [1.807, 2.05) is 0 Å². The van der Waals surface area contributed by atoms with Crippen LogP contribution in [0.5, 0.6) is 0 Å². The minimum Gasteiger partial charge on any atom is -0.378 e. The SMILES string of the molecule is CC(C)c1nc(N2CCOCC2)sc1C=O. The number of morpholine rings is 1. The zero-order chi connectivity index (χ0) is 11.5. The van der Waals surface area contributed by atoms with Gasteiger partial charge in [-0.3, -0.25) is 4.79 Å². The van der Waals surface area contributed by atoms with Gasteiger partial charge in [-0.15, -0.1) is 0 Å². The number of thiazole rings is 1. The second kappa shape index (κ2) is 4.93. The number of anilines is 1. The molecule has 0 spiro atoms. The monoisotopic (exact) mass is 240 g/mol. The summed E-state index contributed by atoms with van der Waals surface area (Å²) < 4.78 is 5.30. The number of hydrogen-bond donors (Lipinski definition) is 0. The Morgan fingerprint density at radius 1 is 1.44 bits per heavy atom. The normalized spacial score (nSPS) is 16.8. The molecule has 1 aromatic rings.